The lowest BCUT2D eigenvalue weighted by Gasteiger charge is -2.07. The van der Waals surface area contributed by atoms with Gasteiger partial charge in [0.05, 0.1) is 5.69 Å². The lowest BCUT2D eigenvalue weighted by atomic mass is 10.3. The second-order valence-electron chi connectivity index (χ2n) is 2.66. The van der Waals surface area contributed by atoms with E-state index in [9.17, 15) is 4.79 Å². The Morgan fingerprint density at radius 1 is 1.77 bits per heavy atom. The maximum Gasteiger partial charge on any atom is 0.320 e. The molecule has 0 aliphatic heterocycles. The van der Waals surface area contributed by atoms with Crippen molar-refractivity contribution in [2.75, 3.05) is 0 Å². The van der Waals surface area contributed by atoms with Gasteiger partial charge in [0.15, 0.2) is 0 Å². The minimum atomic E-state index is -0.871. The van der Waals surface area contributed by atoms with Gasteiger partial charge in [-0.1, -0.05) is 0 Å². The fraction of sp³-hybridized carbons (Fsp3) is 0.375. The zero-order chi connectivity index (χ0) is 9.68. The molecule has 0 spiro atoms. The van der Waals surface area contributed by atoms with E-state index in [-0.39, 0.29) is 0 Å². The molecule has 5 heteroatoms. The molecular formula is C8H11N3O2. The molecule has 1 atom stereocenters. The van der Waals surface area contributed by atoms with Gasteiger partial charge in [-0.3, -0.25) is 10.1 Å². The van der Waals surface area contributed by atoms with Crippen LogP contribution in [-0.4, -0.2) is 27.3 Å². The van der Waals surface area contributed by atoms with Gasteiger partial charge in [-0.25, -0.2) is 0 Å². The summed E-state index contributed by atoms with van der Waals surface area (Å²) in [6.07, 6.45) is 1.57. The molecule has 0 aliphatic rings. The SMILES string of the molecule is CC(NCc1cccnn1)C(=O)O. The molecule has 0 amide bonds. The second kappa shape index (κ2) is 4.51. The maximum atomic E-state index is 10.4. The number of aromatic nitrogens is 2. The van der Waals surface area contributed by atoms with Crippen molar-refractivity contribution in [1.82, 2.24) is 15.5 Å². The molecule has 2 N–H and O–H groups in total. The second-order valence-corrected chi connectivity index (χ2v) is 2.66. The van der Waals surface area contributed by atoms with Crippen LogP contribution in [0.15, 0.2) is 18.3 Å². The molecule has 0 fully saturated rings. The zero-order valence-corrected chi connectivity index (χ0v) is 7.27. The third-order valence-electron chi connectivity index (χ3n) is 1.59. The molecule has 0 saturated carbocycles. The first-order valence-corrected chi connectivity index (χ1v) is 3.93. The van der Waals surface area contributed by atoms with Crippen LogP contribution in [0.2, 0.25) is 0 Å². The van der Waals surface area contributed by atoms with E-state index in [0.29, 0.717) is 6.54 Å². The molecule has 1 heterocycles. The minimum absolute atomic E-state index is 0.418. The minimum Gasteiger partial charge on any atom is -0.480 e. The molecule has 1 unspecified atom stereocenters. The predicted molar refractivity (Wildman–Crippen MR) is 46.0 cm³/mol. The van der Waals surface area contributed by atoms with Crippen molar-refractivity contribution in [2.24, 2.45) is 0 Å². The standard InChI is InChI=1S/C8H11N3O2/c1-6(8(12)13)9-5-7-3-2-4-10-11-7/h2-4,6,9H,5H2,1H3,(H,12,13). The van der Waals surface area contributed by atoms with Crippen LogP contribution >= 0.6 is 0 Å². The Kier molecular flexibility index (Phi) is 3.33. The van der Waals surface area contributed by atoms with Crippen LogP contribution < -0.4 is 5.32 Å². The van der Waals surface area contributed by atoms with Crippen LogP contribution in [0, 0.1) is 0 Å². The molecule has 13 heavy (non-hydrogen) atoms. The summed E-state index contributed by atoms with van der Waals surface area (Å²) in [4.78, 5) is 10.4. The van der Waals surface area contributed by atoms with Gasteiger partial charge < -0.3 is 5.11 Å². The van der Waals surface area contributed by atoms with Crippen LogP contribution in [0.5, 0.6) is 0 Å². The van der Waals surface area contributed by atoms with E-state index in [1.54, 1.807) is 25.3 Å². The van der Waals surface area contributed by atoms with E-state index in [4.69, 9.17) is 5.11 Å². The summed E-state index contributed by atoms with van der Waals surface area (Å²) in [5, 5.41) is 18.8. The summed E-state index contributed by atoms with van der Waals surface area (Å²) in [5.41, 5.74) is 0.732. The van der Waals surface area contributed by atoms with Gasteiger partial charge in [0.2, 0.25) is 0 Å². The number of hydrogen-bond acceptors (Lipinski definition) is 4. The van der Waals surface area contributed by atoms with Gasteiger partial charge in [0, 0.05) is 12.7 Å². The summed E-state index contributed by atoms with van der Waals surface area (Å²) >= 11 is 0. The van der Waals surface area contributed by atoms with Crippen molar-refractivity contribution in [3.63, 3.8) is 0 Å². The first kappa shape index (κ1) is 9.60. The Labute approximate surface area is 75.8 Å². The largest absolute Gasteiger partial charge is 0.480 e. The Morgan fingerprint density at radius 2 is 2.54 bits per heavy atom. The van der Waals surface area contributed by atoms with Gasteiger partial charge in [0.25, 0.3) is 0 Å². The highest BCUT2D eigenvalue weighted by Gasteiger charge is 2.09. The fourth-order valence-electron chi connectivity index (χ4n) is 0.773. The Hall–Kier alpha value is -1.49. The number of nitrogens with one attached hydrogen (secondary N) is 1. The van der Waals surface area contributed by atoms with Crippen molar-refractivity contribution < 1.29 is 9.90 Å². The van der Waals surface area contributed by atoms with Crippen LogP contribution in [0.1, 0.15) is 12.6 Å². The summed E-state index contributed by atoms with van der Waals surface area (Å²) < 4.78 is 0. The number of carboxylic acid groups (broad SMARTS) is 1. The number of rotatable bonds is 4. The highest BCUT2D eigenvalue weighted by atomic mass is 16.4. The highest BCUT2D eigenvalue weighted by Crippen LogP contribution is 1.91. The molecule has 1 aromatic heterocycles. The van der Waals surface area contributed by atoms with Crippen molar-refractivity contribution in [3.05, 3.63) is 24.0 Å². The van der Waals surface area contributed by atoms with E-state index in [1.807, 2.05) is 0 Å². The van der Waals surface area contributed by atoms with Crippen LogP contribution in [-0.2, 0) is 11.3 Å². The fourth-order valence-corrected chi connectivity index (χ4v) is 0.773. The van der Waals surface area contributed by atoms with E-state index >= 15 is 0 Å². The molecule has 70 valence electrons. The first-order valence-electron chi connectivity index (χ1n) is 3.93. The Morgan fingerprint density at radius 3 is 3.08 bits per heavy atom. The van der Waals surface area contributed by atoms with E-state index in [1.165, 1.54) is 0 Å². The van der Waals surface area contributed by atoms with Gasteiger partial charge in [-0.2, -0.15) is 10.2 Å². The molecule has 0 aliphatic carbocycles. The van der Waals surface area contributed by atoms with Crippen LogP contribution in [0.25, 0.3) is 0 Å². The number of nitrogens with zero attached hydrogens (tertiary/aromatic N) is 2. The van der Waals surface area contributed by atoms with Gasteiger partial charge in [-0.05, 0) is 19.1 Å². The Balaban J connectivity index is 2.39. The molecule has 0 aromatic carbocycles. The van der Waals surface area contributed by atoms with E-state index in [2.05, 4.69) is 15.5 Å². The first-order chi connectivity index (χ1) is 6.20. The van der Waals surface area contributed by atoms with E-state index < -0.39 is 12.0 Å². The molecule has 1 rings (SSSR count). The molecule has 0 bridgehead atoms. The molecular weight excluding hydrogens is 170 g/mol. The summed E-state index contributed by atoms with van der Waals surface area (Å²) in [7, 11) is 0. The number of carbonyl (C=O) groups is 1. The number of carboxylic acids is 1. The Bertz CT molecular complexity index is 276. The van der Waals surface area contributed by atoms with Crippen LogP contribution in [0.3, 0.4) is 0 Å². The van der Waals surface area contributed by atoms with Crippen molar-refractivity contribution in [1.29, 1.82) is 0 Å². The topological polar surface area (TPSA) is 75.1 Å². The summed E-state index contributed by atoms with van der Waals surface area (Å²) in [6.45, 7) is 2.00. The smallest absolute Gasteiger partial charge is 0.320 e. The van der Waals surface area contributed by atoms with Crippen molar-refractivity contribution in [2.45, 2.75) is 19.5 Å². The molecule has 0 saturated heterocycles. The molecule has 5 nitrogen and oxygen atoms in total. The maximum absolute atomic E-state index is 10.4. The normalized spacial score (nSPS) is 12.4. The van der Waals surface area contributed by atoms with Crippen LogP contribution in [0.4, 0.5) is 0 Å². The van der Waals surface area contributed by atoms with Gasteiger partial charge >= 0.3 is 5.97 Å². The molecule has 1 aromatic rings. The zero-order valence-electron chi connectivity index (χ0n) is 7.27. The monoisotopic (exact) mass is 181 g/mol. The summed E-state index contributed by atoms with van der Waals surface area (Å²) in [5.74, 6) is -0.871. The van der Waals surface area contributed by atoms with E-state index in [0.717, 1.165) is 5.69 Å². The molecule has 0 radical (unpaired) electrons. The highest BCUT2D eigenvalue weighted by molar-refractivity contribution is 5.72. The lowest BCUT2D eigenvalue weighted by Crippen LogP contribution is -2.33. The third kappa shape index (κ3) is 3.16. The predicted octanol–water partition coefficient (Wildman–Crippen LogP) is 0.0393. The summed E-state index contributed by atoms with van der Waals surface area (Å²) in [6, 6.07) is 2.98. The third-order valence-corrected chi connectivity index (χ3v) is 1.59. The number of hydrogen-bond donors (Lipinski definition) is 2. The van der Waals surface area contributed by atoms with Crippen molar-refractivity contribution >= 4 is 5.97 Å². The van der Waals surface area contributed by atoms with Gasteiger partial charge in [0.1, 0.15) is 6.04 Å². The van der Waals surface area contributed by atoms with Crippen molar-refractivity contribution in [3.8, 4) is 0 Å². The average molecular weight is 181 g/mol. The lowest BCUT2D eigenvalue weighted by molar-refractivity contribution is -0.139. The van der Waals surface area contributed by atoms with Gasteiger partial charge in [-0.15, -0.1) is 0 Å². The number of aliphatic carboxylic acids is 1. The quantitative estimate of drug-likeness (QED) is 0.686. The average Bonchev–Trinajstić information content (AvgIpc) is 2.15.